The fraction of sp³-hybridized carbons (Fsp3) is 0.667. The van der Waals surface area contributed by atoms with Crippen LogP contribution in [0.2, 0.25) is 0 Å². The number of allylic oxidation sites excluding steroid dienone is 2. The van der Waals surface area contributed by atoms with Gasteiger partial charge in [0.15, 0.2) is 11.4 Å². The second kappa shape index (κ2) is 0.671. The van der Waals surface area contributed by atoms with Crippen molar-refractivity contribution in [1.82, 2.24) is 0 Å². The first kappa shape index (κ1) is 3.67. The molecule has 38 valence electrons. The zero-order chi connectivity index (χ0) is 5.07. The van der Waals surface area contributed by atoms with Crippen molar-refractivity contribution in [3.05, 3.63) is 11.4 Å². The van der Waals surface area contributed by atoms with E-state index in [0.29, 0.717) is 0 Å². The predicted molar refractivity (Wildman–Crippen MR) is 28.4 cm³/mol. The molecule has 0 fully saturated rings. The van der Waals surface area contributed by atoms with E-state index in [1.54, 1.807) is 11.4 Å². The first-order chi connectivity index (χ1) is 3.23. The Kier molecular flexibility index (Phi) is 0.352. The Hall–Kier alpha value is -0.300. The van der Waals surface area contributed by atoms with E-state index < -0.39 is 0 Å². The minimum atomic E-state index is 1.17. The summed E-state index contributed by atoms with van der Waals surface area (Å²) < 4.78 is 1.17. The molecule has 7 heavy (non-hydrogen) atoms. The second-order valence-corrected chi connectivity index (χ2v) is 2.85. The number of nitrogens with zero attached hydrogens (tertiary/aromatic N) is 1. The van der Waals surface area contributed by atoms with Gasteiger partial charge in [0.05, 0.1) is 14.1 Å². The molecular formula is C6H10N+. The highest BCUT2D eigenvalue weighted by Gasteiger charge is 2.55. The maximum absolute atomic E-state index is 2.26. The lowest BCUT2D eigenvalue weighted by Crippen LogP contribution is -2.12. The highest BCUT2D eigenvalue weighted by molar-refractivity contribution is 5.27. The van der Waals surface area contributed by atoms with Gasteiger partial charge in [-0.1, -0.05) is 0 Å². The average Bonchev–Trinajstić information content (AvgIpc) is 1.52. The third-order valence-electron chi connectivity index (χ3n) is 2.23. The number of quaternary nitrogens is 1. The summed E-state index contributed by atoms with van der Waals surface area (Å²) in [5, 5.41) is 0. The Labute approximate surface area is 43.8 Å². The van der Waals surface area contributed by atoms with Gasteiger partial charge in [-0.3, -0.25) is 4.48 Å². The molecule has 1 aliphatic carbocycles. The summed E-state index contributed by atoms with van der Waals surface area (Å²) in [4.78, 5) is 0. The summed E-state index contributed by atoms with van der Waals surface area (Å²) in [6, 6.07) is 0. The van der Waals surface area contributed by atoms with Crippen molar-refractivity contribution >= 4 is 0 Å². The van der Waals surface area contributed by atoms with Crippen LogP contribution in [0.15, 0.2) is 11.4 Å². The second-order valence-electron chi connectivity index (χ2n) is 2.85. The Morgan fingerprint density at radius 3 is 1.57 bits per heavy atom. The Bertz CT molecular complexity index is 138. The van der Waals surface area contributed by atoms with Gasteiger partial charge in [-0.2, -0.15) is 0 Å². The maximum Gasteiger partial charge on any atom is 0.171 e. The Morgan fingerprint density at radius 1 is 1.14 bits per heavy atom. The monoisotopic (exact) mass is 96.1 g/mol. The smallest absolute Gasteiger partial charge is 0.171 e. The molecule has 0 bridgehead atoms. The van der Waals surface area contributed by atoms with E-state index in [1.165, 1.54) is 17.3 Å². The summed E-state index contributed by atoms with van der Waals surface area (Å²) >= 11 is 0. The molecular weight excluding hydrogens is 86.1 g/mol. The molecule has 0 radical (unpaired) electrons. The van der Waals surface area contributed by atoms with E-state index in [9.17, 15) is 0 Å². The van der Waals surface area contributed by atoms with Crippen molar-refractivity contribution < 1.29 is 4.48 Å². The molecule has 2 rings (SSSR count). The van der Waals surface area contributed by atoms with Crippen LogP contribution in [0.1, 0.15) is 12.8 Å². The van der Waals surface area contributed by atoms with Gasteiger partial charge in [-0.25, -0.2) is 0 Å². The van der Waals surface area contributed by atoms with Gasteiger partial charge in [-0.05, 0) is 0 Å². The summed E-state index contributed by atoms with van der Waals surface area (Å²) in [5.74, 6) is 0. The largest absolute Gasteiger partial charge is 0.261 e. The zero-order valence-electron chi connectivity index (χ0n) is 4.86. The van der Waals surface area contributed by atoms with E-state index >= 15 is 0 Å². The molecule has 0 aromatic rings. The molecule has 0 amide bonds. The van der Waals surface area contributed by atoms with E-state index in [4.69, 9.17) is 0 Å². The van der Waals surface area contributed by atoms with Crippen LogP contribution in [0.3, 0.4) is 0 Å². The molecule has 1 aliphatic heterocycles. The third-order valence-corrected chi connectivity index (χ3v) is 2.23. The molecule has 0 atom stereocenters. The topological polar surface area (TPSA) is 0 Å². The van der Waals surface area contributed by atoms with Gasteiger partial charge >= 0.3 is 0 Å². The highest BCUT2D eigenvalue weighted by atomic mass is 15.5. The van der Waals surface area contributed by atoms with Crippen molar-refractivity contribution in [3.8, 4) is 0 Å². The lowest BCUT2D eigenvalue weighted by atomic mass is 10.1. The first-order valence-corrected chi connectivity index (χ1v) is 2.80. The molecule has 0 saturated carbocycles. The van der Waals surface area contributed by atoms with Crippen LogP contribution in [0, 0.1) is 0 Å². The van der Waals surface area contributed by atoms with Crippen LogP contribution in [0.5, 0.6) is 0 Å². The molecule has 0 N–H and O–H groups in total. The van der Waals surface area contributed by atoms with Crippen molar-refractivity contribution in [3.63, 3.8) is 0 Å². The van der Waals surface area contributed by atoms with Crippen LogP contribution in [0.25, 0.3) is 0 Å². The van der Waals surface area contributed by atoms with Crippen LogP contribution in [0.4, 0.5) is 0 Å². The fourth-order valence-electron chi connectivity index (χ4n) is 1.46. The van der Waals surface area contributed by atoms with Crippen molar-refractivity contribution in [2.45, 2.75) is 12.8 Å². The van der Waals surface area contributed by atoms with Gasteiger partial charge < -0.3 is 0 Å². The fourth-order valence-corrected chi connectivity index (χ4v) is 1.46. The van der Waals surface area contributed by atoms with Gasteiger partial charge in [-0.15, -0.1) is 0 Å². The van der Waals surface area contributed by atoms with Gasteiger partial charge in [0.2, 0.25) is 0 Å². The zero-order valence-corrected chi connectivity index (χ0v) is 4.86. The number of rotatable bonds is 0. The highest BCUT2D eigenvalue weighted by Crippen LogP contribution is 2.53. The third kappa shape index (κ3) is 0.223. The normalized spacial score (nSPS) is 31.7. The minimum Gasteiger partial charge on any atom is -0.261 e. The molecule has 1 heteroatoms. The lowest BCUT2D eigenvalue weighted by Gasteiger charge is -2.00. The van der Waals surface area contributed by atoms with E-state index in [2.05, 4.69) is 14.1 Å². The summed E-state index contributed by atoms with van der Waals surface area (Å²) in [6.07, 6.45) is 2.75. The van der Waals surface area contributed by atoms with Crippen LogP contribution in [-0.2, 0) is 0 Å². The van der Waals surface area contributed by atoms with E-state index in [-0.39, 0.29) is 0 Å². The Balaban J connectivity index is 2.31. The number of hydrogen-bond donors (Lipinski definition) is 0. The average molecular weight is 96.2 g/mol. The summed E-state index contributed by atoms with van der Waals surface area (Å²) in [5.41, 5.74) is 3.39. The Morgan fingerprint density at radius 2 is 1.57 bits per heavy atom. The quantitative estimate of drug-likeness (QED) is 0.396. The molecule has 0 spiro atoms. The molecule has 0 saturated heterocycles. The van der Waals surface area contributed by atoms with Crippen LogP contribution in [-0.4, -0.2) is 18.6 Å². The van der Waals surface area contributed by atoms with Crippen molar-refractivity contribution in [1.29, 1.82) is 0 Å². The molecule has 0 unspecified atom stereocenters. The van der Waals surface area contributed by atoms with Gasteiger partial charge in [0.25, 0.3) is 0 Å². The van der Waals surface area contributed by atoms with E-state index in [1.807, 2.05) is 0 Å². The lowest BCUT2D eigenvalue weighted by molar-refractivity contribution is -0.736. The summed E-state index contributed by atoms with van der Waals surface area (Å²) in [6.45, 7) is 0. The molecule has 2 aliphatic rings. The van der Waals surface area contributed by atoms with Gasteiger partial charge in [0.1, 0.15) is 0 Å². The SMILES string of the molecule is C[N+]1(C)C2=C1CC2. The summed E-state index contributed by atoms with van der Waals surface area (Å²) in [7, 11) is 4.52. The first-order valence-electron chi connectivity index (χ1n) is 2.80. The molecule has 0 aromatic carbocycles. The number of likely N-dealkylation sites (tertiary alicyclic amines) is 1. The van der Waals surface area contributed by atoms with Crippen LogP contribution >= 0.6 is 0 Å². The minimum absolute atomic E-state index is 1.17. The van der Waals surface area contributed by atoms with Gasteiger partial charge in [0, 0.05) is 12.8 Å². The number of hydrogen-bond acceptors (Lipinski definition) is 0. The van der Waals surface area contributed by atoms with Crippen molar-refractivity contribution in [2.24, 2.45) is 0 Å². The maximum atomic E-state index is 2.26. The van der Waals surface area contributed by atoms with Crippen molar-refractivity contribution in [2.75, 3.05) is 14.1 Å². The standard InChI is InChI=1S/C6H10N/c1-7(2)5-3-4-6(5)7/h3-4H2,1-2H3/q+1. The molecule has 1 nitrogen and oxygen atoms in total. The molecule has 0 aromatic heterocycles. The molecule has 1 heterocycles. The van der Waals surface area contributed by atoms with E-state index in [0.717, 1.165) is 0 Å². The predicted octanol–water partition coefficient (Wildman–Crippen LogP) is 1.08. The van der Waals surface area contributed by atoms with Crippen LogP contribution < -0.4 is 0 Å².